The lowest BCUT2D eigenvalue weighted by Gasteiger charge is -2.12. The minimum Gasteiger partial charge on any atom is -0.356 e. The molecule has 0 spiro atoms. The third kappa shape index (κ3) is 16.2. The van der Waals surface area contributed by atoms with Gasteiger partial charge in [0.2, 0.25) is 6.41 Å². The van der Waals surface area contributed by atoms with Crippen molar-refractivity contribution in [2.24, 2.45) is 5.92 Å². The number of hydrogen-bond acceptors (Lipinski definition) is 1. The molecule has 0 saturated carbocycles. The zero-order chi connectivity index (χ0) is 10.6. The van der Waals surface area contributed by atoms with E-state index in [1.165, 1.54) is 0 Å². The third-order valence-corrected chi connectivity index (χ3v) is 1.33. The number of amides is 1. The van der Waals surface area contributed by atoms with Crippen molar-refractivity contribution in [1.29, 1.82) is 0 Å². The smallest absolute Gasteiger partial charge is 0.207 e. The molecule has 0 heterocycles. The minimum absolute atomic E-state index is 0.299. The third-order valence-electron chi connectivity index (χ3n) is 1.33. The minimum atomic E-state index is 0.299. The summed E-state index contributed by atoms with van der Waals surface area (Å²) in [6.07, 6.45) is 0.741. The predicted molar refractivity (Wildman–Crippen MR) is 56.2 cm³/mol. The van der Waals surface area contributed by atoms with Gasteiger partial charge in [-0.3, -0.25) is 4.79 Å². The van der Waals surface area contributed by atoms with E-state index in [1.54, 1.807) is 0 Å². The lowest BCUT2D eigenvalue weighted by molar-refractivity contribution is -0.110. The van der Waals surface area contributed by atoms with Crippen molar-refractivity contribution in [2.75, 3.05) is 0 Å². The van der Waals surface area contributed by atoms with E-state index in [-0.39, 0.29) is 0 Å². The first-order chi connectivity index (χ1) is 5.68. The highest BCUT2D eigenvalue weighted by molar-refractivity contribution is 5.46. The van der Waals surface area contributed by atoms with Crippen molar-refractivity contribution >= 4 is 6.41 Å². The highest BCUT2D eigenvalue weighted by Crippen LogP contribution is 1.97. The number of carbonyl (C=O) groups excluding carboxylic acids is 1. The van der Waals surface area contributed by atoms with Gasteiger partial charge in [0.1, 0.15) is 0 Å². The summed E-state index contributed by atoms with van der Waals surface area (Å²) < 4.78 is 0. The molecule has 1 amide bonds. The largest absolute Gasteiger partial charge is 0.356 e. The van der Waals surface area contributed by atoms with E-state index in [9.17, 15) is 4.79 Å². The molecule has 0 aromatic carbocycles. The van der Waals surface area contributed by atoms with Crippen LogP contribution in [0.1, 0.15) is 48.5 Å². The quantitative estimate of drug-likeness (QED) is 0.657. The van der Waals surface area contributed by atoms with Gasteiger partial charge < -0.3 is 5.32 Å². The van der Waals surface area contributed by atoms with Crippen molar-refractivity contribution in [3.05, 3.63) is 0 Å². The Bertz CT molecular complexity index is 72.2. The molecule has 0 aromatic heterocycles. The Balaban J connectivity index is -0.000000175. The van der Waals surface area contributed by atoms with Crippen molar-refractivity contribution in [1.82, 2.24) is 5.32 Å². The fourth-order valence-electron chi connectivity index (χ4n) is 0.300. The Morgan fingerprint density at radius 1 is 1.00 bits per heavy atom. The van der Waals surface area contributed by atoms with E-state index < -0.39 is 0 Å². The Labute approximate surface area is 77.7 Å². The standard InChI is InChI=1S/C6H13NO.2C2H6/c1-5(2)6(3)7-4-8;2*1-2/h4-6H,1-3H3,(H,7,8);2*1-2H3. The van der Waals surface area contributed by atoms with Crippen LogP contribution in [0.15, 0.2) is 0 Å². The van der Waals surface area contributed by atoms with Gasteiger partial charge in [-0.15, -0.1) is 0 Å². The zero-order valence-corrected chi connectivity index (χ0v) is 9.64. The summed E-state index contributed by atoms with van der Waals surface area (Å²) in [4.78, 5) is 9.81. The van der Waals surface area contributed by atoms with Crippen LogP contribution < -0.4 is 5.32 Å². The molecule has 0 aliphatic rings. The van der Waals surface area contributed by atoms with Crippen LogP contribution in [0.4, 0.5) is 0 Å². The van der Waals surface area contributed by atoms with Crippen molar-refractivity contribution in [3.63, 3.8) is 0 Å². The van der Waals surface area contributed by atoms with Crippen LogP contribution in [0.5, 0.6) is 0 Å². The summed E-state index contributed by atoms with van der Waals surface area (Å²) >= 11 is 0. The van der Waals surface area contributed by atoms with Gasteiger partial charge in [0.25, 0.3) is 0 Å². The van der Waals surface area contributed by atoms with Crippen LogP contribution in [0.2, 0.25) is 0 Å². The molecule has 0 radical (unpaired) electrons. The summed E-state index contributed by atoms with van der Waals surface area (Å²) in [5.74, 6) is 0.528. The lowest BCUT2D eigenvalue weighted by Crippen LogP contribution is -2.29. The lowest BCUT2D eigenvalue weighted by atomic mass is 10.1. The topological polar surface area (TPSA) is 29.1 Å². The maximum Gasteiger partial charge on any atom is 0.207 e. The molecular weight excluding hydrogens is 150 g/mol. The molecule has 1 atom stereocenters. The molecule has 0 aliphatic carbocycles. The zero-order valence-electron chi connectivity index (χ0n) is 9.64. The summed E-state index contributed by atoms with van der Waals surface area (Å²) in [5, 5.41) is 2.66. The molecule has 12 heavy (non-hydrogen) atoms. The maximum atomic E-state index is 9.81. The number of nitrogens with one attached hydrogen (secondary N) is 1. The molecule has 2 nitrogen and oxygen atoms in total. The SMILES string of the molecule is CC.CC.CC(C)C(C)NC=O. The molecule has 0 aliphatic heterocycles. The van der Waals surface area contributed by atoms with Crippen LogP contribution >= 0.6 is 0 Å². The summed E-state index contributed by atoms with van der Waals surface area (Å²) in [6.45, 7) is 14.1. The Hall–Kier alpha value is -0.530. The Kier molecular flexibility index (Phi) is 24.6. The highest BCUT2D eigenvalue weighted by atomic mass is 16.1. The van der Waals surface area contributed by atoms with Crippen LogP contribution in [-0.4, -0.2) is 12.5 Å². The first-order valence-corrected chi connectivity index (χ1v) is 4.88. The average Bonchev–Trinajstić information content (AvgIpc) is 2.12. The summed E-state index contributed by atoms with van der Waals surface area (Å²) in [6, 6.07) is 0.299. The monoisotopic (exact) mass is 175 g/mol. The van der Waals surface area contributed by atoms with Gasteiger partial charge in [0.05, 0.1) is 0 Å². The van der Waals surface area contributed by atoms with E-state index in [0.29, 0.717) is 12.0 Å². The van der Waals surface area contributed by atoms with E-state index in [4.69, 9.17) is 0 Å². The van der Waals surface area contributed by atoms with Crippen LogP contribution in [0.25, 0.3) is 0 Å². The Morgan fingerprint density at radius 2 is 1.33 bits per heavy atom. The van der Waals surface area contributed by atoms with Crippen LogP contribution in [0.3, 0.4) is 0 Å². The molecule has 0 bridgehead atoms. The van der Waals surface area contributed by atoms with E-state index in [0.717, 1.165) is 6.41 Å². The second-order valence-electron chi connectivity index (χ2n) is 2.32. The molecule has 2 heteroatoms. The Morgan fingerprint density at radius 3 is 1.42 bits per heavy atom. The van der Waals surface area contributed by atoms with E-state index in [2.05, 4.69) is 19.2 Å². The van der Waals surface area contributed by atoms with Gasteiger partial charge in [-0.1, -0.05) is 41.5 Å². The summed E-state index contributed by atoms with van der Waals surface area (Å²) in [7, 11) is 0. The predicted octanol–water partition coefficient (Wildman–Crippen LogP) is 2.83. The molecule has 0 aromatic rings. The van der Waals surface area contributed by atoms with Crippen LogP contribution in [0, 0.1) is 5.92 Å². The molecule has 1 N–H and O–H groups in total. The molecule has 0 saturated heterocycles. The number of carbonyl (C=O) groups is 1. The van der Waals surface area contributed by atoms with Gasteiger partial charge in [-0.05, 0) is 12.8 Å². The number of rotatable bonds is 3. The van der Waals surface area contributed by atoms with Gasteiger partial charge in [-0.25, -0.2) is 0 Å². The molecule has 1 unspecified atom stereocenters. The van der Waals surface area contributed by atoms with Crippen molar-refractivity contribution < 1.29 is 4.79 Å². The van der Waals surface area contributed by atoms with Gasteiger partial charge in [0, 0.05) is 6.04 Å². The van der Waals surface area contributed by atoms with Gasteiger partial charge in [-0.2, -0.15) is 0 Å². The van der Waals surface area contributed by atoms with Crippen molar-refractivity contribution in [2.45, 2.75) is 54.5 Å². The number of hydrogen-bond donors (Lipinski definition) is 1. The highest BCUT2D eigenvalue weighted by Gasteiger charge is 2.02. The van der Waals surface area contributed by atoms with Gasteiger partial charge >= 0.3 is 0 Å². The van der Waals surface area contributed by atoms with E-state index in [1.807, 2.05) is 34.6 Å². The summed E-state index contributed by atoms with van der Waals surface area (Å²) in [5.41, 5.74) is 0. The normalized spacial score (nSPS) is 10.0. The average molecular weight is 175 g/mol. The fourth-order valence-corrected chi connectivity index (χ4v) is 0.300. The van der Waals surface area contributed by atoms with E-state index >= 15 is 0 Å². The first-order valence-electron chi connectivity index (χ1n) is 4.88. The molecule has 0 fully saturated rings. The molecular formula is C10H25NO. The van der Waals surface area contributed by atoms with Gasteiger partial charge in [0.15, 0.2) is 0 Å². The first kappa shape index (κ1) is 17.5. The second-order valence-corrected chi connectivity index (χ2v) is 2.32. The fraction of sp³-hybridized carbons (Fsp3) is 0.900. The van der Waals surface area contributed by atoms with Crippen molar-refractivity contribution in [3.8, 4) is 0 Å². The molecule has 76 valence electrons. The molecule has 0 rings (SSSR count). The maximum absolute atomic E-state index is 9.81. The second kappa shape index (κ2) is 16.8. The van der Waals surface area contributed by atoms with Crippen LogP contribution in [-0.2, 0) is 4.79 Å².